The standard InChI is InChI=1S/C14H21ClN2/c1-11(2)17(14-7-8-16-9-14)10-12-3-5-13(15)6-4-12/h3-6,11,14,16H,7-10H2,1-2H3. The van der Waals surface area contributed by atoms with E-state index in [4.69, 9.17) is 11.6 Å². The van der Waals surface area contributed by atoms with Crippen LogP contribution in [-0.4, -0.2) is 30.1 Å². The van der Waals surface area contributed by atoms with Gasteiger partial charge in [0.1, 0.15) is 0 Å². The monoisotopic (exact) mass is 252 g/mol. The molecule has 1 aromatic rings. The lowest BCUT2D eigenvalue weighted by molar-refractivity contribution is 0.154. The summed E-state index contributed by atoms with van der Waals surface area (Å²) in [6, 6.07) is 9.45. The Hall–Kier alpha value is -0.570. The van der Waals surface area contributed by atoms with Crippen LogP contribution in [0.3, 0.4) is 0 Å². The number of benzene rings is 1. The summed E-state index contributed by atoms with van der Waals surface area (Å²) in [7, 11) is 0. The molecule has 0 aromatic heterocycles. The zero-order valence-electron chi connectivity index (χ0n) is 10.6. The number of hydrogen-bond acceptors (Lipinski definition) is 2. The van der Waals surface area contributed by atoms with E-state index < -0.39 is 0 Å². The predicted octanol–water partition coefficient (Wildman–Crippen LogP) is 2.91. The van der Waals surface area contributed by atoms with Crippen molar-refractivity contribution in [3.63, 3.8) is 0 Å². The first-order chi connectivity index (χ1) is 8.16. The molecule has 1 N–H and O–H groups in total. The van der Waals surface area contributed by atoms with E-state index in [9.17, 15) is 0 Å². The van der Waals surface area contributed by atoms with Crippen LogP contribution in [0.2, 0.25) is 5.02 Å². The van der Waals surface area contributed by atoms with E-state index in [1.54, 1.807) is 0 Å². The van der Waals surface area contributed by atoms with E-state index in [1.165, 1.54) is 12.0 Å². The summed E-state index contributed by atoms with van der Waals surface area (Å²) in [4.78, 5) is 2.57. The molecule has 1 heterocycles. The van der Waals surface area contributed by atoms with Crippen molar-refractivity contribution in [1.29, 1.82) is 0 Å². The molecule has 94 valence electrons. The van der Waals surface area contributed by atoms with Gasteiger partial charge in [-0.15, -0.1) is 0 Å². The van der Waals surface area contributed by atoms with Crippen LogP contribution in [0, 0.1) is 0 Å². The van der Waals surface area contributed by atoms with Crippen molar-refractivity contribution in [2.24, 2.45) is 0 Å². The SMILES string of the molecule is CC(C)N(Cc1ccc(Cl)cc1)C1CCNC1. The van der Waals surface area contributed by atoms with Crippen LogP contribution in [0.1, 0.15) is 25.8 Å². The second-order valence-corrected chi connectivity index (χ2v) is 5.48. The zero-order valence-corrected chi connectivity index (χ0v) is 11.4. The largest absolute Gasteiger partial charge is 0.315 e. The van der Waals surface area contributed by atoms with E-state index in [0.29, 0.717) is 12.1 Å². The van der Waals surface area contributed by atoms with Crippen LogP contribution < -0.4 is 5.32 Å². The highest BCUT2D eigenvalue weighted by Crippen LogP contribution is 2.18. The Labute approximate surface area is 109 Å². The lowest BCUT2D eigenvalue weighted by atomic mass is 10.1. The van der Waals surface area contributed by atoms with Crippen LogP contribution in [0.4, 0.5) is 0 Å². The summed E-state index contributed by atoms with van der Waals surface area (Å²) in [6.07, 6.45) is 1.26. The first-order valence-electron chi connectivity index (χ1n) is 6.37. The highest BCUT2D eigenvalue weighted by molar-refractivity contribution is 6.30. The van der Waals surface area contributed by atoms with E-state index in [-0.39, 0.29) is 0 Å². The third-order valence-electron chi connectivity index (χ3n) is 3.45. The van der Waals surface area contributed by atoms with Crippen molar-refractivity contribution in [2.75, 3.05) is 13.1 Å². The Bertz CT molecular complexity index is 342. The van der Waals surface area contributed by atoms with Gasteiger partial charge in [0.05, 0.1) is 0 Å². The second kappa shape index (κ2) is 5.85. The van der Waals surface area contributed by atoms with Crippen molar-refractivity contribution in [3.05, 3.63) is 34.9 Å². The average molecular weight is 253 g/mol. The molecule has 1 saturated heterocycles. The van der Waals surface area contributed by atoms with Gasteiger partial charge in [-0.25, -0.2) is 0 Å². The van der Waals surface area contributed by atoms with Gasteiger partial charge in [-0.05, 0) is 44.5 Å². The predicted molar refractivity (Wildman–Crippen MR) is 73.4 cm³/mol. The first kappa shape index (κ1) is 12.9. The minimum atomic E-state index is 0.579. The van der Waals surface area contributed by atoms with Crippen LogP contribution >= 0.6 is 11.6 Å². The summed E-state index contributed by atoms with van der Waals surface area (Å²) in [5, 5.41) is 4.25. The van der Waals surface area contributed by atoms with Gasteiger partial charge in [0.15, 0.2) is 0 Å². The number of halogens is 1. The molecule has 1 fully saturated rings. The third-order valence-corrected chi connectivity index (χ3v) is 3.70. The van der Waals surface area contributed by atoms with Crippen molar-refractivity contribution in [1.82, 2.24) is 10.2 Å². The molecular formula is C14H21ClN2. The molecule has 2 nitrogen and oxygen atoms in total. The Morgan fingerprint density at radius 1 is 1.35 bits per heavy atom. The molecule has 1 atom stereocenters. The lowest BCUT2D eigenvalue weighted by Gasteiger charge is -2.32. The minimum Gasteiger partial charge on any atom is -0.315 e. The normalized spacial score (nSPS) is 20.4. The lowest BCUT2D eigenvalue weighted by Crippen LogP contribution is -2.41. The Morgan fingerprint density at radius 2 is 2.06 bits per heavy atom. The fourth-order valence-corrected chi connectivity index (χ4v) is 2.58. The van der Waals surface area contributed by atoms with Crippen molar-refractivity contribution >= 4 is 11.6 Å². The number of nitrogens with one attached hydrogen (secondary N) is 1. The quantitative estimate of drug-likeness (QED) is 0.887. The summed E-state index contributed by atoms with van der Waals surface area (Å²) >= 11 is 5.91. The number of rotatable bonds is 4. The smallest absolute Gasteiger partial charge is 0.0406 e. The Balaban J connectivity index is 2.04. The molecule has 1 aliphatic heterocycles. The summed E-state index contributed by atoms with van der Waals surface area (Å²) < 4.78 is 0. The van der Waals surface area contributed by atoms with Gasteiger partial charge in [-0.1, -0.05) is 23.7 Å². The summed E-state index contributed by atoms with van der Waals surface area (Å²) in [5.41, 5.74) is 1.34. The first-order valence-corrected chi connectivity index (χ1v) is 6.75. The zero-order chi connectivity index (χ0) is 12.3. The van der Waals surface area contributed by atoms with E-state index >= 15 is 0 Å². The molecule has 0 spiro atoms. The van der Waals surface area contributed by atoms with Crippen molar-refractivity contribution in [3.8, 4) is 0 Å². The third kappa shape index (κ3) is 3.44. The maximum atomic E-state index is 5.91. The Morgan fingerprint density at radius 3 is 2.59 bits per heavy atom. The van der Waals surface area contributed by atoms with Gasteiger partial charge in [-0.3, -0.25) is 4.90 Å². The minimum absolute atomic E-state index is 0.579. The molecule has 1 aromatic carbocycles. The van der Waals surface area contributed by atoms with Crippen molar-refractivity contribution in [2.45, 2.75) is 38.9 Å². The van der Waals surface area contributed by atoms with Crippen LogP contribution in [-0.2, 0) is 6.54 Å². The van der Waals surface area contributed by atoms with Gasteiger partial charge in [0.2, 0.25) is 0 Å². The van der Waals surface area contributed by atoms with Crippen molar-refractivity contribution < 1.29 is 0 Å². The topological polar surface area (TPSA) is 15.3 Å². The fraction of sp³-hybridized carbons (Fsp3) is 0.571. The van der Waals surface area contributed by atoms with E-state index in [1.807, 2.05) is 12.1 Å². The molecule has 0 radical (unpaired) electrons. The van der Waals surface area contributed by atoms with Gasteiger partial charge in [-0.2, -0.15) is 0 Å². The van der Waals surface area contributed by atoms with Crippen LogP contribution in [0.15, 0.2) is 24.3 Å². The van der Waals surface area contributed by atoms with Gasteiger partial charge in [0, 0.05) is 30.2 Å². The van der Waals surface area contributed by atoms with Gasteiger partial charge in [0.25, 0.3) is 0 Å². The van der Waals surface area contributed by atoms with E-state index in [2.05, 4.69) is 36.2 Å². The molecule has 2 rings (SSSR count). The number of nitrogens with zero attached hydrogens (tertiary/aromatic N) is 1. The highest BCUT2D eigenvalue weighted by atomic mass is 35.5. The summed E-state index contributed by atoms with van der Waals surface area (Å²) in [6.45, 7) is 7.82. The second-order valence-electron chi connectivity index (χ2n) is 5.04. The molecule has 0 amide bonds. The molecule has 3 heteroatoms. The fourth-order valence-electron chi connectivity index (χ4n) is 2.46. The average Bonchev–Trinajstić information content (AvgIpc) is 2.81. The molecule has 0 bridgehead atoms. The summed E-state index contributed by atoms with van der Waals surface area (Å²) in [5.74, 6) is 0. The highest BCUT2D eigenvalue weighted by Gasteiger charge is 2.24. The molecule has 0 saturated carbocycles. The maximum absolute atomic E-state index is 5.91. The van der Waals surface area contributed by atoms with Crippen LogP contribution in [0.5, 0.6) is 0 Å². The van der Waals surface area contributed by atoms with Gasteiger partial charge < -0.3 is 5.32 Å². The van der Waals surface area contributed by atoms with Crippen LogP contribution in [0.25, 0.3) is 0 Å². The molecular weight excluding hydrogens is 232 g/mol. The molecule has 1 aliphatic rings. The molecule has 0 aliphatic carbocycles. The Kier molecular flexibility index (Phi) is 4.43. The van der Waals surface area contributed by atoms with E-state index in [0.717, 1.165) is 24.7 Å². The number of hydrogen-bond donors (Lipinski definition) is 1. The van der Waals surface area contributed by atoms with Gasteiger partial charge >= 0.3 is 0 Å². The molecule has 1 unspecified atom stereocenters. The molecule has 17 heavy (non-hydrogen) atoms. The maximum Gasteiger partial charge on any atom is 0.0406 e.